The quantitative estimate of drug-likeness (QED) is 0.897. The average Bonchev–Trinajstić information content (AvgIpc) is 2.87. The molecule has 1 saturated carbocycles. The van der Waals surface area contributed by atoms with Crippen molar-refractivity contribution < 1.29 is 14.7 Å². The van der Waals surface area contributed by atoms with Crippen molar-refractivity contribution in [3.63, 3.8) is 0 Å². The summed E-state index contributed by atoms with van der Waals surface area (Å²) in [5.41, 5.74) is 1.18. The monoisotopic (exact) mass is 325 g/mol. The van der Waals surface area contributed by atoms with Crippen molar-refractivity contribution in [2.24, 2.45) is 17.3 Å². The number of aryl methyl sites for hydroxylation is 1. The summed E-state index contributed by atoms with van der Waals surface area (Å²) in [6.45, 7) is 5.52. The van der Waals surface area contributed by atoms with Crippen LogP contribution in [0, 0.1) is 24.2 Å². The van der Waals surface area contributed by atoms with E-state index in [1.165, 1.54) is 0 Å². The number of carbonyl (C=O) groups is 2. The van der Waals surface area contributed by atoms with Gasteiger partial charge in [-0.15, -0.1) is 0 Å². The maximum Gasteiger partial charge on any atom is 0.307 e. The number of hydrogen-bond acceptors (Lipinski definition) is 2. The second-order valence-corrected chi connectivity index (χ2v) is 6.48. The number of carboxylic acids is 1. The van der Waals surface area contributed by atoms with Crippen molar-refractivity contribution in [1.29, 1.82) is 0 Å². The van der Waals surface area contributed by atoms with Crippen molar-refractivity contribution in [1.82, 2.24) is 0 Å². The van der Waals surface area contributed by atoms with E-state index in [4.69, 9.17) is 5.11 Å². The first kappa shape index (κ1) is 14.1. The number of carboxylic acid groups (broad SMARTS) is 1. The molecule has 1 aliphatic rings. The first-order chi connectivity index (χ1) is 8.75. The maximum atomic E-state index is 12.2. The van der Waals surface area contributed by atoms with E-state index in [2.05, 4.69) is 21.2 Å². The fourth-order valence-corrected chi connectivity index (χ4v) is 2.89. The smallest absolute Gasteiger partial charge is 0.307 e. The lowest BCUT2D eigenvalue weighted by molar-refractivity contribution is -0.140. The molecule has 0 heterocycles. The van der Waals surface area contributed by atoms with Crippen LogP contribution in [0.4, 0.5) is 5.69 Å². The molecular weight excluding hydrogens is 310 g/mol. The number of halogens is 1. The number of carbonyl (C=O) groups excluding carboxylic acids is 1. The van der Waals surface area contributed by atoms with Gasteiger partial charge in [0.15, 0.2) is 0 Å². The predicted molar refractivity (Wildman–Crippen MR) is 75.9 cm³/mol. The molecular formula is C14H16BrNO3. The molecule has 2 rings (SSSR count). The van der Waals surface area contributed by atoms with Gasteiger partial charge in [0.05, 0.1) is 11.8 Å². The summed E-state index contributed by atoms with van der Waals surface area (Å²) < 4.78 is 0.873. The van der Waals surface area contributed by atoms with Crippen molar-refractivity contribution in [2.45, 2.75) is 20.8 Å². The third kappa shape index (κ3) is 2.52. The van der Waals surface area contributed by atoms with Crippen LogP contribution in [-0.2, 0) is 9.59 Å². The second kappa shape index (κ2) is 4.63. The lowest BCUT2D eigenvalue weighted by Crippen LogP contribution is -2.18. The summed E-state index contributed by atoms with van der Waals surface area (Å²) in [7, 11) is 0. The molecule has 0 aromatic heterocycles. The van der Waals surface area contributed by atoms with Crippen molar-refractivity contribution in [2.75, 3.05) is 5.32 Å². The molecule has 1 aliphatic carbocycles. The van der Waals surface area contributed by atoms with E-state index in [0.29, 0.717) is 5.69 Å². The minimum Gasteiger partial charge on any atom is -0.481 e. The lowest BCUT2D eigenvalue weighted by atomic mass is 10.1. The molecule has 2 N–H and O–H groups in total. The van der Waals surface area contributed by atoms with Gasteiger partial charge >= 0.3 is 5.97 Å². The minimum atomic E-state index is -0.906. The Morgan fingerprint density at radius 3 is 2.47 bits per heavy atom. The Kier molecular flexibility index (Phi) is 3.43. The van der Waals surface area contributed by atoms with Crippen LogP contribution in [0.25, 0.3) is 0 Å². The van der Waals surface area contributed by atoms with Crippen molar-refractivity contribution >= 4 is 33.5 Å². The molecule has 2 atom stereocenters. The Labute approximate surface area is 120 Å². The first-order valence-corrected chi connectivity index (χ1v) is 6.84. The molecule has 102 valence electrons. The van der Waals surface area contributed by atoms with Crippen LogP contribution in [0.1, 0.15) is 19.4 Å². The highest BCUT2D eigenvalue weighted by molar-refractivity contribution is 9.10. The first-order valence-electron chi connectivity index (χ1n) is 6.05. The molecule has 0 saturated heterocycles. The average molecular weight is 326 g/mol. The zero-order valence-electron chi connectivity index (χ0n) is 11.0. The summed E-state index contributed by atoms with van der Waals surface area (Å²) in [6, 6.07) is 5.61. The Bertz CT molecular complexity index is 554. The van der Waals surface area contributed by atoms with E-state index in [9.17, 15) is 9.59 Å². The Morgan fingerprint density at radius 2 is 1.95 bits per heavy atom. The van der Waals surface area contributed by atoms with Gasteiger partial charge in [-0.1, -0.05) is 35.8 Å². The molecule has 1 amide bonds. The summed E-state index contributed by atoms with van der Waals surface area (Å²) in [6.07, 6.45) is 0. The van der Waals surface area contributed by atoms with Crippen LogP contribution in [-0.4, -0.2) is 17.0 Å². The zero-order valence-corrected chi connectivity index (χ0v) is 12.6. The summed E-state index contributed by atoms with van der Waals surface area (Å²) >= 11 is 3.35. The van der Waals surface area contributed by atoms with Crippen LogP contribution in [0.15, 0.2) is 22.7 Å². The largest absolute Gasteiger partial charge is 0.481 e. The molecule has 0 aliphatic heterocycles. The summed E-state index contributed by atoms with van der Waals surface area (Å²) in [5.74, 6) is -2.20. The number of aliphatic carboxylic acids is 1. The molecule has 0 bridgehead atoms. The van der Waals surface area contributed by atoms with E-state index in [0.717, 1.165) is 10.0 Å². The van der Waals surface area contributed by atoms with Gasteiger partial charge in [0.25, 0.3) is 0 Å². The molecule has 19 heavy (non-hydrogen) atoms. The number of anilines is 1. The summed E-state index contributed by atoms with van der Waals surface area (Å²) in [4.78, 5) is 23.3. The lowest BCUT2D eigenvalue weighted by Gasteiger charge is -2.09. The third-order valence-corrected chi connectivity index (χ3v) is 4.33. The highest BCUT2D eigenvalue weighted by Gasteiger charge is 2.65. The van der Waals surface area contributed by atoms with Gasteiger partial charge in [-0.2, -0.15) is 0 Å². The van der Waals surface area contributed by atoms with E-state index in [1.807, 2.05) is 39.0 Å². The molecule has 1 fully saturated rings. The molecule has 0 radical (unpaired) electrons. The van der Waals surface area contributed by atoms with Gasteiger partial charge in [0.2, 0.25) is 5.91 Å². The van der Waals surface area contributed by atoms with Gasteiger partial charge in [0.1, 0.15) is 0 Å². The highest BCUT2D eigenvalue weighted by Crippen LogP contribution is 2.58. The predicted octanol–water partition coefficient (Wildman–Crippen LogP) is 3.05. The minimum absolute atomic E-state index is 0.224. The summed E-state index contributed by atoms with van der Waals surface area (Å²) in [5, 5.41) is 11.9. The SMILES string of the molecule is Cc1ccc(Br)cc1NC(=O)C1C(C(=O)O)C1(C)C. The van der Waals surface area contributed by atoms with Gasteiger partial charge in [-0.3, -0.25) is 9.59 Å². The van der Waals surface area contributed by atoms with E-state index in [1.54, 1.807) is 0 Å². The van der Waals surface area contributed by atoms with Crippen LogP contribution in [0.2, 0.25) is 0 Å². The zero-order chi connectivity index (χ0) is 14.4. The van der Waals surface area contributed by atoms with E-state index >= 15 is 0 Å². The molecule has 2 unspecified atom stereocenters. The van der Waals surface area contributed by atoms with E-state index < -0.39 is 23.2 Å². The highest BCUT2D eigenvalue weighted by atomic mass is 79.9. The molecule has 1 aromatic rings. The Balaban J connectivity index is 2.15. The number of amides is 1. The maximum absolute atomic E-state index is 12.2. The van der Waals surface area contributed by atoms with Gasteiger partial charge in [-0.05, 0) is 30.0 Å². The third-order valence-electron chi connectivity index (χ3n) is 3.83. The van der Waals surface area contributed by atoms with Crippen LogP contribution in [0.5, 0.6) is 0 Å². The van der Waals surface area contributed by atoms with Gasteiger partial charge in [0, 0.05) is 10.2 Å². The normalized spacial score (nSPS) is 23.8. The number of rotatable bonds is 3. The fraction of sp³-hybridized carbons (Fsp3) is 0.429. The number of benzene rings is 1. The number of hydrogen-bond donors (Lipinski definition) is 2. The Hall–Kier alpha value is -1.36. The molecule has 5 heteroatoms. The standard InChI is InChI=1S/C14H16BrNO3/c1-7-4-5-8(15)6-9(7)16-12(17)10-11(13(18)19)14(10,2)3/h4-6,10-11H,1-3H3,(H,16,17)(H,18,19). The van der Waals surface area contributed by atoms with Gasteiger partial charge in [-0.25, -0.2) is 0 Å². The van der Waals surface area contributed by atoms with Crippen LogP contribution in [0.3, 0.4) is 0 Å². The molecule has 0 spiro atoms. The van der Waals surface area contributed by atoms with Crippen LogP contribution >= 0.6 is 15.9 Å². The van der Waals surface area contributed by atoms with Gasteiger partial charge < -0.3 is 10.4 Å². The second-order valence-electron chi connectivity index (χ2n) is 5.56. The van der Waals surface area contributed by atoms with Crippen molar-refractivity contribution in [3.05, 3.63) is 28.2 Å². The number of nitrogens with one attached hydrogen (secondary N) is 1. The Morgan fingerprint density at radius 1 is 1.32 bits per heavy atom. The van der Waals surface area contributed by atoms with Crippen LogP contribution < -0.4 is 5.32 Å². The topological polar surface area (TPSA) is 66.4 Å². The van der Waals surface area contributed by atoms with Crippen molar-refractivity contribution in [3.8, 4) is 0 Å². The molecule has 1 aromatic carbocycles. The van der Waals surface area contributed by atoms with E-state index in [-0.39, 0.29) is 5.91 Å². The fourth-order valence-electron chi connectivity index (χ4n) is 2.53. The molecule has 4 nitrogen and oxygen atoms in total.